The molecule has 0 saturated heterocycles. The number of halogens is 3. The summed E-state index contributed by atoms with van der Waals surface area (Å²) in [5.41, 5.74) is 0. The van der Waals surface area contributed by atoms with Crippen LogP contribution in [0, 0.1) is 0 Å². The number of alkyl halides is 3. The van der Waals surface area contributed by atoms with Crippen LogP contribution >= 0.6 is 0 Å². The summed E-state index contributed by atoms with van der Waals surface area (Å²) in [6, 6.07) is 0. The van der Waals surface area contributed by atoms with E-state index < -0.39 is 12.6 Å². The minimum absolute atomic E-state index is 0.0384. The molecule has 0 saturated carbocycles. The molecule has 0 bridgehead atoms. The first-order valence-electron chi connectivity index (χ1n) is 4.37. The van der Waals surface area contributed by atoms with Crippen molar-refractivity contribution in [1.82, 2.24) is 5.32 Å². The molecule has 0 aromatic rings. The van der Waals surface area contributed by atoms with E-state index in [-0.39, 0.29) is 12.6 Å². The molecule has 2 N–H and O–H groups in total. The van der Waals surface area contributed by atoms with Gasteiger partial charge in [-0.3, -0.25) is 0 Å². The first-order chi connectivity index (χ1) is 5.92. The third kappa shape index (κ3) is 11.7. The number of aliphatic hydroxyl groups is 1. The largest absolute Gasteiger partial charge is 0.393 e. The first kappa shape index (κ1) is 12.7. The number of hydrogen-bond donors (Lipinski definition) is 2. The van der Waals surface area contributed by atoms with Gasteiger partial charge in [0.2, 0.25) is 0 Å². The number of nitrogens with one attached hydrogen (secondary N) is 1. The second-order valence-electron chi connectivity index (χ2n) is 3.11. The molecule has 0 aliphatic carbocycles. The summed E-state index contributed by atoms with van der Waals surface area (Å²) in [4.78, 5) is 0. The van der Waals surface area contributed by atoms with E-state index in [0.717, 1.165) is 0 Å². The Morgan fingerprint density at radius 1 is 1.31 bits per heavy atom. The van der Waals surface area contributed by atoms with E-state index in [1.165, 1.54) is 0 Å². The molecule has 80 valence electrons. The van der Waals surface area contributed by atoms with Crippen LogP contribution in [0.5, 0.6) is 0 Å². The molecule has 13 heavy (non-hydrogen) atoms. The third-order valence-electron chi connectivity index (χ3n) is 1.56. The van der Waals surface area contributed by atoms with Gasteiger partial charge < -0.3 is 10.4 Å². The lowest BCUT2D eigenvalue weighted by molar-refractivity contribution is -0.133. The molecular weight excluding hydrogens is 183 g/mol. The fraction of sp³-hybridized carbons (Fsp3) is 1.00. The van der Waals surface area contributed by atoms with Crippen LogP contribution in [0.2, 0.25) is 0 Å². The molecular formula is C8H16F3NO. The fourth-order valence-electron chi connectivity index (χ4n) is 0.878. The fourth-order valence-corrected chi connectivity index (χ4v) is 0.878. The molecule has 0 radical (unpaired) electrons. The van der Waals surface area contributed by atoms with Crippen molar-refractivity contribution in [2.45, 2.75) is 38.5 Å². The van der Waals surface area contributed by atoms with Crippen molar-refractivity contribution in [3.63, 3.8) is 0 Å². The van der Waals surface area contributed by atoms with Gasteiger partial charge in [-0.25, -0.2) is 0 Å². The molecule has 0 aromatic carbocycles. The Hall–Kier alpha value is -0.290. The second-order valence-corrected chi connectivity index (χ2v) is 3.11. The number of hydrogen-bond acceptors (Lipinski definition) is 2. The van der Waals surface area contributed by atoms with Crippen molar-refractivity contribution < 1.29 is 18.3 Å². The second kappa shape index (κ2) is 6.21. The van der Waals surface area contributed by atoms with Crippen LogP contribution in [-0.4, -0.2) is 30.5 Å². The average molecular weight is 199 g/mol. The molecule has 0 aliphatic rings. The highest BCUT2D eigenvalue weighted by Gasteiger charge is 2.25. The van der Waals surface area contributed by atoms with Crippen LogP contribution in [0.4, 0.5) is 13.2 Å². The molecule has 0 heterocycles. The highest BCUT2D eigenvalue weighted by atomic mass is 19.4. The monoisotopic (exact) mass is 199 g/mol. The molecule has 1 unspecified atom stereocenters. The van der Waals surface area contributed by atoms with Gasteiger partial charge in [-0.15, -0.1) is 0 Å². The molecule has 0 rings (SSSR count). The van der Waals surface area contributed by atoms with Gasteiger partial charge in [-0.2, -0.15) is 13.2 Å². The molecule has 2 nitrogen and oxygen atoms in total. The van der Waals surface area contributed by atoms with Crippen molar-refractivity contribution in [2.75, 3.05) is 13.1 Å². The highest BCUT2D eigenvalue weighted by molar-refractivity contribution is 4.56. The van der Waals surface area contributed by atoms with Gasteiger partial charge in [0.15, 0.2) is 0 Å². The van der Waals surface area contributed by atoms with Crippen LogP contribution in [0.1, 0.15) is 26.2 Å². The summed E-state index contributed by atoms with van der Waals surface area (Å²) in [5, 5.41) is 11.5. The maximum absolute atomic E-state index is 11.6. The normalized spacial score (nSPS) is 14.5. The molecule has 0 fully saturated rings. The smallest absolute Gasteiger partial charge is 0.390 e. The van der Waals surface area contributed by atoms with Gasteiger partial charge in [0.05, 0.1) is 12.5 Å². The van der Waals surface area contributed by atoms with Gasteiger partial charge >= 0.3 is 6.18 Å². The SMILES string of the molecule is CC(O)CCCNCCC(F)(F)F. The predicted octanol–water partition coefficient (Wildman–Crippen LogP) is 1.69. The van der Waals surface area contributed by atoms with Crippen molar-refractivity contribution in [3.8, 4) is 0 Å². The molecule has 0 spiro atoms. The Bertz CT molecular complexity index is 125. The average Bonchev–Trinajstić information content (AvgIpc) is 1.93. The van der Waals surface area contributed by atoms with Gasteiger partial charge in [0, 0.05) is 6.54 Å². The van der Waals surface area contributed by atoms with Crippen molar-refractivity contribution >= 4 is 0 Å². The zero-order chi connectivity index (χ0) is 10.3. The summed E-state index contributed by atoms with van der Waals surface area (Å²) >= 11 is 0. The topological polar surface area (TPSA) is 32.3 Å². The van der Waals surface area contributed by atoms with Crippen LogP contribution in [0.15, 0.2) is 0 Å². The maximum atomic E-state index is 11.6. The van der Waals surface area contributed by atoms with E-state index in [4.69, 9.17) is 5.11 Å². The standard InChI is InChI=1S/C8H16F3NO/c1-7(13)3-2-5-12-6-4-8(9,10)11/h7,12-13H,2-6H2,1H3. The Balaban J connectivity index is 3.09. The predicted molar refractivity (Wildman–Crippen MR) is 44.5 cm³/mol. The van der Waals surface area contributed by atoms with Crippen LogP contribution in [0.3, 0.4) is 0 Å². The quantitative estimate of drug-likeness (QED) is 0.638. The van der Waals surface area contributed by atoms with Gasteiger partial charge in [0.1, 0.15) is 0 Å². The Kier molecular flexibility index (Phi) is 6.07. The summed E-state index contributed by atoms with van der Waals surface area (Å²) in [6.45, 7) is 2.15. The molecule has 1 atom stereocenters. The van der Waals surface area contributed by atoms with Crippen molar-refractivity contribution in [2.24, 2.45) is 0 Å². The molecule has 5 heteroatoms. The van der Waals surface area contributed by atoms with Gasteiger partial charge in [-0.05, 0) is 26.3 Å². The summed E-state index contributed by atoms with van der Waals surface area (Å²) in [5.74, 6) is 0. The number of rotatable bonds is 6. The van der Waals surface area contributed by atoms with Crippen molar-refractivity contribution in [1.29, 1.82) is 0 Å². The third-order valence-corrected chi connectivity index (χ3v) is 1.56. The Morgan fingerprint density at radius 3 is 2.38 bits per heavy atom. The lowest BCUT2D eigenvalue weighted by Crippen LogP contribution is -2.23. The van der Waals surface area contributed by atoms with E-state index in [1.807, 2.05) is 0 Å². The molecule has 0 aromatic heterocycles. The van der Waals surface area contributed by atoms with E-state index in [2.05, 4.69) is 5.32 Å². The van der Waals surface area contributed by atoms with E-state index in [1.54, 1.807) is 6.92 Å². The Labute approximate surface area is 76.1 Å². The minimum atomic E-state index is -4.07. The Morgan fingerprint density at radius 2 is 1.92 bits per heavy atom. The molecule has 0 aliphatic heterocycles. The highest BCUT2D eigenvalue weighted by Crippen LogP contribution is 2.17. The summed E-state index contributed by atoms with van der Waals surface area (Å²) in [6.07, 6.45) is -3.91. The van der Waals surface area contributed by atoms with Gasteiger partial charge in [-0.1, -0.05) is 0 Å². The molecule has 0 amide bonds. The van der Waals surface area contributed by atoms with Crippen LogP contribution in [0.25, 0.3) is 0 Å². The minimum Gasteiger partial charge on any atom is -0.393 e. The van der Waals surface area contributed by atoms with E-state index >= 15 is 0 Å². The summed E-state index contributed by atoms with van der Waals surface area (Å²) in [7, 11) is 0. The van der Waals surface area contributed by atoms with Crippen LogP contribution < -0.4 is 5.32 Å². The maximum Gasteiger partial charge on any atom is 0.390 e. The lowest BCUT2D eigenvalue weighted by atomic mass is 10.2. The van der Waals surface area contributed by atoms with Gasteiger partial charge in [0.25, 0.3) is 0 Å². The zero-order valence-corrected chi connectivity index (χ0v) is 7.69. The lowest BCUT2D eigenvalue weighted by Gasteiger charge is -2.08. The van der Waals surface area contributed by atoms with Crippen molar-refractivity contribution in [3.05, 3.63) is 0 Å². The zero-order valence-electron chi connectivity index (χ0n) is 7.69. The van der Waals surface area contributed by atoms with E-state index in [0.29, 0.717) is 19.4 Å². The van der Waals surface area contributed by atoms with E-state index in [9.17, 15) is 13.2 Å². The first-order valence-corrected chi connectivity index (χ1v) is 4.37. The number of aliphatic hydroxyl groups excluding tert-OH is 1. The summed E-state index contributed by atoms with van der Waals surface area (Å²) < 4.78 is 34.8. The van der Waals surface area contributed by atoms with Crippen LogP contribution in [-0.2, 0) is 0 Å².